The van der Waals surface area contributed by atoms with Crippen LogP contribution in [0.4, 0.5) is 0 Å². The van der Waals surface area contributed by atoms with E-state index in [1.165, 1.54) is 32.9 Å². The van der Waals surface area contributed by atoms with Crippen LogP contribution in [0, 0.1) is 0 Å². The normalized spacial score (nSPS) is 15.1. The molecule has 1 aliphatic rings. The van der Waals surface area contributed by atoms with Crippen LogP contribution < -0.4 is 0 Å². The van der Waals surface area contributed by atoms with E-state index in [2.05, 4.69) is 177 Å². The molecule has 0 N–H and O–H groups in total. The molecule has 3 aromatic heterocycles. The van der Waals surface area contributed by atoms with E-state index in [9.17, 15) is 0 Å². The summed E-state index contributed by atoms with van der Waals surface area (Å²) in [6.45, 7) is 19.0. The van der Waals surface area contributed by atoms with Gasteiger partial charge in [-0.2, -0.15) is 0 Å². The van der Waals surface area contributed by atoms with E-state index >= 15 is 0 Å². The maximum atomic E-state index is 5.22. The van der Waals surface area contributed by atoms with Crippen LogP contribution in [0.5, 0.6) is 0 Å². The molecule has 55 heavy (non-hydrogen) atoms. The SMILES string of the molecule is C=C/C(=C\C(=C/C)n1c2c(c3ccccc31)C=CCC2C)c1cc(C(=C/C)/C=C(\C=C)n2c3ccccc3c3ccccc32)nc(-c2ccc(C=C)cc2)n1. The number of aromatic nitrogens is 4. The monoisotopic (exact) mass is 712 g/mol. The van der Waals surface area contributed by atoms with Crippen LogP contribution in [0.1, 0.15) is 61.3 Å². The number of para-hydroxylation sites is 3. The van der Waals surface area contributed by atoms with Gasteiger partial charge in [0.15, 0.2) is 5.82 Å². The molecule has 7 aromatic rings. The van der Waals surface area contributed by atoms with E-state index in [0.717, 1.165) is 62.5 Å². The van der Waals surface area contributed by atoms with Crippen LogP contribution >= 0.6 is 0 Å². The van der Waals surface area contributed by atoms with Crippen LogP contribution in [-0.2, 0) is 0 Å². The molecule has 1 atom stereocenters. The fourth-order valence-corrected chi connectivity index (χ4v) is 7.92. The summed E-state index contributed by atoms with van der Waals surface area (Å²) in [7, 11) is 0. The van der Waals surface area contributed by atoms with Crippen molar-refractivity contribution < 1.29 is 0 Å². The molecule has 8 rings (SSSR count). The summed E-state index contributed by atoms with van der Waals surface area (Å²) < 4.78 is 4.70. The third kappa shape index (κ3) is 6.26. The standard InChI is InChI=1S/C51H44N4/c1-7-35-27-29-38(30-28-35)51-52-45(36(8-2)31-39(10-4)54-47-24-15-12-20-41(47)42-21-13-16-25-48(42)54)33-46(53-51)37(9-3)32-40(11-5)55-49-26-17-14-22-43(49)44-23-18-19-34(6)50(44)55/h7-18,20-34H,1,3-4,19H2,2,5-6H3/b36-8+,37-32+,39-31+,40-11+. The van der Waals surface area contributed by atoms with Crippen molar-refractivity contribution in [3.8, 4) is 11.4 Å². The van der Waals surface area contributed by atoms with Crippen LogP contribution in [0.15, 0.2) is 165 Å². The van der Waals surface area contributed by atoms with Crippen molar-refractivity contribution in [2.24, 2.45) is 0 Å². The lowest BCUT2D eigenvalue weighted by molar-refractivity contribution is 0.728. The molecular formula is C51H44N4. The van der Waals surface area contributed by atoms with Crippen molar-refractivity contribution in [2.45, 2.75) is 33.1 Å². The van der Waals surface area contributed by atoms with Gasteiger partial charge in [0.05, 0.1) is 27.9 Å². The summed E-state index contributed by atoms with van der Waals surface area (Å²) in [5, 5.41) is 3.66. The average Bonchev–Trinajstić information content (AvgIpc) is 3.76. The smallest absolute Gasteiger partial charge is 0.160 e. The second kappa shape index (κ2) is 14.9. The maximum absolute atomic E-state index is 5.22. The van der Waals surface area contributed by atoms with Gasteiger partial charge in [-0.25, -0.2) is 9.97 Å². The Labute approximate surface area is 323 Å². The summed E-state index contributed by atoms with van der Waals surface area (Å²) in [6.07, 6.45) is 19.9. The van der Waals surface area contributed by atoms with E-state index in [1.54, 1.807) is 0 Å². The van der Waals surface area contributed by atoms with Crippen molar-refractivity contribution in [1.29, 1.82) is 0 Å². The van der Waals surface area contributed by atoms with Crippen molar-refractivity contribution in [2.75, 3.05) is 0 Å². The van der Waals surface area contributed by atoms with Gasteiger partial charge in [-0.05, 0) is 73.9 Å². The van der Waals surface area contributed by atoms with E-state index < -0.39 is 0 Å². The zero-order chi connectivity index (χ0) is 38.1. The molecule has 0 bridgehead atoms. The summed E-state index contributed by atoms with van der Waals surface area (Å²) in [5.74, 6) is 1.00. The van der Waals surface area contributed by atoms with Crippen LogP contribution in [0.3, 0.4) is 0 Å². The Kier molecular flexibility index (Phi) is 9.57. The minimum absolute atomic E-state index is 0.372. The van der Waals surface area contributed by atoms with Crippen molar-refractivity contribution in [3.05, 3.63) is 194 Å². The molecule has 0 spiro atoms. The van der Waals surface area contributed by atoms with Crippen LogP contribution in [0.25, 0.3) is 78.8 Å². The molecule has 0 aliphatic heterocycles. The topological polar surface area (TPSA) is 35.6 Å². The third-order valence-electron chi connectivity index (χ3n) is 10.7. The second-order valence-corrected chi connectivity index (χ2v) is 13.9. The van der Waals surface area contributed by atoms with Gasteiger partial charge in [-0.3, -0.25) is 0 Å². The first-order chi connectivity index (χ1) is 27.0. The van der Waals surface area contributed by atoms with Crippen molar-refractivity contribution in [1.82, 2.24) is 19.1 Å². The molecular weight excluding hydrogens is 669 g/mol. The second-order valence-electron chi connectivity index (χ2n) is 13.9. The fourth-order valence-electron chi connectivity index (χ4n) is 7.92. The summed E-state index contributed by atoms with van der Waals surface area (Å²) in [6, 6.07) is 36.0. The first-order valence-corrected chi connectivity index (χ1v) is 18.9. The highest BCUT2D eigenvalue weighted by atomic mass is 15.0. The molecule has 1 aliphatic carbocycles. The Balaban J connectivity index is 1.31. The maximum Gasteiger partial charge on any atom is 0.160 e. The number of hydrogen-bond acceptors (Lipinski definition) is 2. The lowest BCUT2D eigenvalue weighted by atomic mass is 9.93. The van der Waals surface area contributed by atoms with E-state index in [4.69, 9.17) is 9.97 Å². The van der Waals surface area contributed by atoms with E-state index in [-0.39, 0.29) is 0 Å². The quantitative estimate of drug-likeness (QED) is 0.132. The predicted octanol–water partition coefficient (Wildman–Crippen LogP) is 13.6. The largest absolute Gasteiger partial charge is 0.313 e. The molecule has 268 valence electrons. The Morgan fingerprint density at radius 2 is 1.25 bits per heavy atom. The lowest BCUT2D eigenvalue weighted by Gasteiger charge is -2.20. The van der Waals surface area contributed by atoms with Crippen molar-refractivity contribution in [3.63, 3.8) is 0 Å². The first-order valence-electron chi connectivity index (χ1n) is 18.9. The highest BCUT2D eigenvalue weighted by Crippen LogP contribution is 2.40. The van der Waals surface area contributed by atoms with Gasteiger partial charge >= 0.3 is 0 Å². The molecule has 0 amide bonds. The predicted molar refractivity (Wildman–Crippen MR) is 237 cm³/mol. The van der Waals surface area contributed by atoms with Gasteiger partial charge in [0.25, 0.3) is 0 Å². The van der Waals surface area contributed by atoms with Crippen LogP contribution in [-0.4, -0.2) is 19.1 Å². The fraction of sp³-hybridized carbons (Fsp3) is 0.0980. The molecule has 4 heteroatoms. The minimum atomic E-state index is 0.372. The molecule has 4 aromatic carbocycles. The van der Waals surface area contributed by atoms with Crippen molar-refractivity contribution >= 4 is 67.4 Å². The molecule has 0 saturated carbocycles. The number of rotatable bonds is 10. The Hall–Kier alpha value is -6.78. The van der Waals surface area contributed by atoms with Crippen LogP contribution in [0.2, 0.25) is 0 Å². The number of fused-ring (bicyclic) bond motifs is 6. The van der Waals surface area contributed by atoms with Gasteiger partial charge in [0.2, 0.25) is 0 Å². The summed E-state index contributed by atoms with van der Waals surface area (Å²) >= 11 is 0. The Morgan fingerprint density at radius 1 is 0.655 bits per heavy atom. The summed E-state index contributed by atoms with van der Waals surface area (Å²) in [4.78, 5) is 10.4. The third-order valence-corrected chi connectivity index (χ3v) is 10.7. The molecule has 3 heterocycles. The van der Waals surface area contributed by atoms with Gasteiger partial charge in [0.1, 0.15) is 0 Å². The van der Waals surface area contributed by atoms with Gasteiger partial charge in [-0.1, -0.05) is 142 Å². The first kappa shape index (κ1) is 35.3. The Bertz CT molecular complexity index is 2750. The minimum Gasteiger partial charge on any atom is -0.313 e. The molecule has 0 saturated heterocycles. The zero-order valence-electron chi connectivity index (χ0n) is 31.7. The number of benzene rings is 4. The highest BCUT2D eigenvalue weighted by Gasteiger charge is 2.24. The van der Waals surface area contributed by atoms with E-state index in [0.29, 0.717) is 11.7 Å². The highest BCUT2D eigenvalue weighted by molar-refractivity contribution is 6.10. The number of allylic oxidation sites excluding steroid dienone is 11. The molecule has 1 unspecified atom stereocenters. The zero-order valence-corrected chi connectivity index (χ0v) is 31.7. The number of hydrogen-bond donors (Lipinski definition) is 0. The molecule has 4 nitrogen and oxygen atoms in total. The Morgan fingerprint density at radius 3 is 1.84 bits per heavy atom. The molecule has 0 fully saturated rings. The van der Waals surface area contributed by atoms with Gasteiger partial charge in [-0.15, -0.1) is 0 Å². The summed E-state index contributed by atoms with van der Waals surface area (Å²) in [5.41, 5.74) is 13.5. The number of nitrogens with zero attached hydrogens (tertiary/aromatic N) is 4. The average molecular weight is 713 g/mol. The lowest BCUT2D eigenvalue weighted by Crippen LogP contribution is -2.08. The molecule has 0 radical (unpaired) electrons. The van der Waals surface area contributed by atoms with Gasteiger partial charge in [0, 0.05) is 55.9 Å². The van der Waals surface area contributed by atoms with E-state index in [1.807, 2.05) is 30.4 Å². The van der Waals surface area contributed by atoms with Gasteiger partial charge < -0.3 is 9.13 Å².